The molecule has 0 saturated carbocycles. The summed E-state index contributed by atoms with van der Waals surface area (Å²) in [5.41, 5.74) is 1.16. The first-order chi connectivity index (χ1) is 15.0. The van der Waals surface area contributed by atoms with Gasteiger partial charge in [-0.05, 0) is 50.5 Å². The van der Waals surface area contributed by atoms with Gasteiger partial charge in [0.25, 0.3) is 11.7 Å². The Morgan fingerprint density at radius 2 is 1.68 bits per heavy atom. The molecule has 0 bridgehead atoms. The van der Waals surface area contributed by atoms with Crippen molar-refractivity contribution in [1.29, 1.82) is 0 Å². The van der Waals surface area contributed by atoms with Gasteiger partial charge in [0, 0.05) is 18.7 Å². The summed E-state index contributed by atoms with van der Waals surface area (Å²) < 4.78 is 20.3. The van der Waals surface area contributed by atoms with E-state index in [1.165, 1.54) is 16.8 Å². The van der Waals surface area contributed by atoms with E-state index in [4.69, 9.17) is 4.74 Å². The molecule has 0 radical (unpaired) electrons. The van der Waals surface area contributed by atoms with E-state index in [2.05, 4.69) is 10.1 Å². The van der Waals surface area contributed by atoms with Gasteiger partial charge in [-0.1, -0.05) is 30.3 Å². The summed E-state index contributed by atoms with van der Waals surface area (Å²) in [6, 6.07) is 14.6. The van der Waals surface area contributed by atoms with E-state index in [0.717, 1.165) is 19.3 Å². The van der Waals surface area contributed by atoms with Gasteiger partial charge in [-0.2, -0.15) is 0 Å². The molecule has 0 spiro atoms. The summed E-state index contributed by atoms with van der Waals surface area (Å²) >= 11 is 0. The fourth-order valence-corrected chi connectivity index (χ4v) is 3.63. The Labute approximate surface area is 179 Å². The maximum atomic E-state index is 13.2. The number of benzene rings is 2. The lowest BCUT2D eigenvalue weighted by Crippen LogP contribution is -2.40. The molecule has 4 rings (SSSR count). The molecule has 2 heterocycles. The van der Waals surface area contributed by atoms with Crippen LogP contribution in [0.25, 0.3) is 5.69 Å². The predicted molar refractivity (Wildman–Crippen MR) is 111 cm³/mol. The van der Waals surface area contributed by atoms with Crippen molar-refractivity contribution in [2.45, 2.75) is 32.3 Å². The summed E-state index contributed by atoms with van der Waals surface area (Å²) in [7, 11) is 0. The maximum Gasteiger partial charge on any atom is 0.379 e. The summed E-state index contributed by atoms with van der Waals surface area (Å²) in [6.07, 6.45) is 1.89. The normalized spacial score (nSPS) is 14.8. The fourth-order valence-electron chi connectivity index (χ4n) is 3.63. The Balaban J connectivity index is 1.58. The van der Waals surface area contributed by atoms with Crippen molar-refractivity contribution in [1.82, 2.24) is 19.7 Å². The van der Waals surface area contributed by atoms with E-state index in [1.807, 2.05) is 6.07 Å². The summed E-state index contributed by atoms with van der Waals surface area (Å²) in [6.45, 7) is 2.98. The van der Waals surface area contributed by atoms with Gasteiger partial charge < -0.3 is 9.64 Å². The smallest absolute Gasteiger partial charge is 0.379 e. The molecule has 31 heavy (non-hydrogen) atoms. The number of esters is 1. The highest BCUT2D eigenvalue weighted by atomic mass is 19.1. The average Bonchev–Trinajstić information content (AvgIpc) is 3.20. The second-order valence-electron chi connectivity index (χ2n) is 7.45. The van der Waals surface area contributed by atoms with E-state index in [9.17, 15) is 14.0 Å². The van der Waals surface area contributed by atoms with Gasteiger partial charge in [0.2, 0.25) is 6.10 Å². The van der Waals surface area contributed by atoms with Gasteiger partial charge in [-0.3, -0.25) is 4.79 Å². The van der Waals surface area contributed by atoms with Crippen LogP contribution in [0.4, 0.5) is 4.39 Å². The molecule has 1 aliphatic rings. The van der Waals surface area contributed by atoms with Crippen LogP contribution in [0.2, 0.25) is 0 Å². The zero-order chi connectivity index (χ0) is 21.8. The van der Waals surface area contributed by atoms with E-state index < -0.39 is 12.1 Å². The Morgan fingerprint density at radius 3 is 2.35 bits per heavy atom. The quantitative estimate of drug-likeness (QED) is 0.587. The minimum atomic E-state index is -1.06. The first-order valence-corrected chi connectivity index (χ1v) is 10.3. The number of aromatic nitrogens is 3. The molecule has 1 aromatic heterocycles. The van der Waals surface area contributed by atoms with Crippen LogP contribution in [-0.4, -0.2) is 44.6 Å². The second-order valence-corrected chi connectivity index (χ2v) is 7.45. The highest BCUT2D eigenvalue weighted by Gasteiger charge is 2.32. The third kappa shape index (κ3) is 4.63. The Hall–Kier alpha value is -3.55. The molecule has 0 N–H and O–H groups in total. The Morgan fingerprint density at radius 1 is 1.00 bits per heavy atom. The SMILES string of the molecule is Cc1nc(C(=O)O[C@@H](C(=O)N2CCCCC2)c2ccccc2)nn1-c1ccc(F)cc1. The molecule has 1 atom stereocenters. The maximum absolute atomic E-state index is 13.2. The molecule has 2 aromatic carbocycles. The molecule has 8 heteroatoms. The zero-order valence-electron chi connectivity index (χ0n) is 17.2. The van der Waals surface area contributed by atoms with Crippen molar-refractivity contribution < 1.29 is 18.7 Å². The van der Waals surface area contributed by atoms with Crippen LogP contribution in [0.3, 0.4) is 0 Å². The molecule has 1 amide bonds. The molecule has 0 unspecified atom stereocenters. The number of ether oxygens (including phenoxy) is 1. The lowest BCUT2D eigenvalue weighted by atomic mass is 10.1. The van der Waals surface area contributed by atoms with E-state index in [-0.39, 0.29) is 17.5 Å². The van der Waals surface area contributed by atoms with Crippen LogP contribution < -0.4 is 0 Å². The topological polar surface area (TPSA) is 77.3 Å². The van der Waals surface area contributed by atoms with Crippen LogP contribution in [0, 0.1) is 12.7 Å². The Bertz CT molecular complexity index is 1060. The number of carbonyl (C=O) groups excluding carboxylic acids is 2. The summed E-state index contributed by atoms with van der Waals surface area (Å²) in [5.74, 6) is -1.12. The predicted octanol–water partition coefficient (Wildman–Crippen LogP) is 3.63. The number of aryl methyl sites for hydroxylation is 1. The molecule has 1 fully saturated rings. The van der Waals surface area contributed by atoms with Gasteiger partial charge in [0.05, 0.1) is 5.69 Å². The molecule has 1 saturated heterocycles. The van der Waals surface area contributed by atoms with Gasteiger partial charge >= 0.3 is 5.97 Å². The van der Waals surface area contributed by atoms with Crippen LogP contribution in [0.1, 0.15) is 47.4 Å². The monoisotopic (exact) mass is 422 g/mol. The number of hydrogen-bond donors (Lipinski definition) is 0. The number of amides is 1. The number of rotatable bonds is 5. The van der Waals surface area contributed by atoms with Crippen LogP contribution >= 0.6 is 0 Å². The lowest BCUT2D eigenvalue weighted by Gasteiger charge is -2.30. The fraction of sp³-hybridized carbons (Fsp3) is 0.304. The van der Waals surface area contributed by atoms with Crippen LogP contribution in [0.15, 0.2) is 54.6 Å². The van der Waals surface area contributed by atoms with Crippen molar-refractivity contribution >= 4 is 11.9 Å². The molecule has 0 aliphatic carbocycles. The Kier molecular flexibility index (Phi) is 6.06. The third-order valence-corrected chi connectivity index (χ3v) is 5.24. The number of halogens is 1. The van der Waals surface area contributed by atoms with Gasteiger partial charge in [0.15, 0.2) is 0 Å². The van der Waals surface area contributed by atoms with Crippen LogP contribution in [0.5, 0.6) is 0 Å². The summed E-state index contributed by atoms with van der Waals surface area (Å²) in [5, 5.41) is 4.21. The number of carbonyl (C=O) groups is 2. The molecule has 7 nitrogen and oxygen atoms in total. The standard InChI is InChI=1S/C23H23FN4O3/c1-16-25-21(26-28(16)19-12-10-18(24)11-13-19)23(30)31-20(17-8-4-2-5-9-17)22(29)27-14-6-3-7-15-27/h2,4-5,8-13,20H,3,6-7,14-15H2,1H3/t20-/m1/s1. The molecule has 160 valence electrons. The van der Waals surface area contributed by atoms with Crippen molar-refractivity contribution in [2.24, 2.45) is 0 Å². The van der Waals surface area contributed by atoms with Crippen molar-refractivity contribution in [2.75, 3.05) is 13.1 Å². The van der Waals surface area contributed by atoms with Crippen LogP contribution in [-0.2, 0) is 9.53 Å². The number of nitrogens with zero attached hydrogens (tertiary/aromatic N) is 4. The third-order valence-electron chi connectivity index (χ3n) is 5.24. The zero-order valence-corrected chi connectivity index (χ0v) is 17.2. The molecular formula is C23H23FN4O3. The highest BCUT2D eigenvalue weighted by Crippen LogP contribution is 2.24. The van der Waals surface area contributed by atoms with E-state index in [0.29, 0.717) is 30.2 Å². The highest BCUT2D eigenvalue weighted by molar-refractivity contribution is 5.90. The molecule has 3 aromatic rings. The van der Waals surface area contributed by atoms with Gasteiger partial charge in [-0.25, -0.2) is 18.9 Å². The summed E-state index contributed by atoms with van der Waals surface area (Å²) in [4.78, 5) is 32.0. The number of piperidine rings is 1. The van der Waals surface area contributed by atoms with Gasteiger partial charge in [0.1, 0.15) is 11.6 Å². The lowest BCUT2D eigenvalue weighted by molar-refractivity contribution is -0.142. The van der Waals surface area contributed by atoms with Crippen molar-refractivity contribution in [3.63, 3.8) is 0 Å². The first-order valence-electron chi connectivity index (χ1n) is 10.3. The second kappa shape index (κ2) is 9.07. The molecular weight excluding hydrogens is 399 g/mol. The van der Waals surface area contributed by atoms with Crippen molar-refractivity contribution in [3.8, 4) is 5.69 Å². The van der Waals surface area contributed by atoms with Crippen molar-refractivity contribution in [3.05, 3.63) is 77.6 Å². The van der Waals surface area contributed by atoms with Gasteiger partial charge in [-0.15, -0.1) is 5.10 Å². The minimum Gasteiger partial charge on any atom is -0.441 e. The van der Waals surface area contributed by atoms with E-state index in [1.54, 1.807) is 48.2 Å². The number of hydrogen-bond acceptors (Lipinski definition) is 5. The molecule has 1 aliphatic heterocycles. The average molecular weight is 422 g/mol. The van der Waals surface area contributed by atoms with E-state index >= 15 is 0 Å². The minimum absolute atomic E-state index is 0.158. The number of likely N-dealkylation sites (tertiary alicyclic amines) is 1. The largest absolute Gasteiger partial charge is 0.441 e. The first kappa shape index (κ1) is 20.7.